The summed E-state index contributed by atoms with van der Waals surface area (Å²) in [5.74, 6) is 2.11. The first kappa shape index (κ1) is 15.5. The van der Waals surface area contributed by atoms with E-state index >= 15 is 0 Å². The summed E-state index contributed by atoms with van der Waals surface area (Å²) < 4.78 is 12.4. The van der Waals surface area contributed by atoms with Gasteiger partial charge in [-0.15, -0.1) is 10.2 Å². The Labute approximate surface area is 147 Å². The van der Waals surface area contributed by atoms with Crippen LogP contribution in [-0.2, 0) is 6.42 Å². The minimum Gasteiger partial charge on any atom is -0.493 e. The summed E-state index contributed by atoms with van der Waals surface area (Å²) in [4.78, 5) is 4.88. The molecule has 0 bridgehead atoms. The van der Waals surface area contributed by atoms with Crippen LogP contribution >= 0.6 is 11.3 Å². The third-order valence-electron chi connectivity index (χ3n) is 3.76. The van der Waals surface area contributed by atoms with Crippen LogP contribution in [0, 0.1) is 0 Å². The molecule has 4 rings (SSSR count). The first-order chi connectivity index (χ1) is 12.3. The van der Waals surface area contributed by atoms with E-state index in [4.69, 9.17) is 9.47 Å². The minimum atomic E-state index is 0.681. The molecule has 0 N–H and O–H groups in total. The van der Waals surface area contributed by atoms with E-state index < -0.39 is 0 Å². The fourth-order valence-electron chi connectivity index (χ4n) is 2.57. The van der Waals surface area contributed by atoms with Gasteiger partial charge in [-0.05, 0) is 29.8 Å². The lowest BCUT2D eigenvalue weighted by Crippen LogP contribution is -1.95. The molecule has 0 radical (unpaired) electrons. The topological polar surface area (TPSA) is 74.4 Å². The van der Waals surface area contributed by atoms with Gasteiger partial charge in [0.2, 0.25) is 4.96 Å². The largest absolute Gasteiger partial charge is 0.493 e. The lowest BCUT2D eigenvalue weighted by Gasteiger charge is -2.08. The van der Waals surface area contributed by atoms with Gasteiger partial charge < -0.3 is 9.47 Å². The molecule has 126 valence electrons. The molecule has 0 atom stereocenters. The van der Waals surface area contributed by atoms with Crippen LogP contribution in [0.15, 0.2) is 42.7 Å². The highest BCUT2D eigenvalue weighted by Crippen LogP contribution is 2.29. The van der Waals surface area contributed by atoms with Gasteiger partial charge in [0.1, 0.15) is 5.01 Å². The molecule has 25 heavy (non-hydrogen) atoms. The summed E-state index contributed by atoms with van der Waals surface area (Å²) in [6, 6.07) is 9.68. The molecule has 0 unspecified atom stereocenters. The fourth-order valence-corrected chi connectivity index (χ4v) is 3.44. The Morgan fingerprint density at radius 2 is 1.96 bits per heavy atom. The number of nitrogens with zero attached hydrogens (tertiary/aromatic N) is 5. The molecular formula is C17H15N5O2S. The first-order valence-electron chi connectivity index (χ1n) is 7.61. The maximum Gasteiger partial charge on any atom is 0.234 e. The molecule has 1 aromatic carbocycles. The SMILES string of the molecule is COc1ccc(Cc2nn3c(-c4cccnc4)nnc3s2)cc1OC. The van der Waals surface area contributed by atoms with Gasteiger partial charge in [0.15, 0.2) is 17.3 Å². The Morgan fingerprint density at radius 3 is 2.72 bits per heavy atom. The second kappa shape index (κ2) is 6.48. The van der Waals surface area contributed by atoms with Crippen LogP contribution < -0.4 is 9.47 Å². The number of hydrogen-bond acceptors (Lipinski definition) is 7. The second-order valence-electron chi connectivity index (χ2n) is 5.32. The number of benzene rings is 1. The van der Waals surface area contributed by atoms with Crippen molar-refractivity contribution >= 4 is 16.3 Å². The molecular weight excluding hydrogens is 338 g/mol. The molecule has 0 amide bonds. The predicted molar refractivity (Wildman–Crippen MR) is 94.2 cm³/mol. The summed E-state index contributed by atoms with van der Waals surface area (Å²) in [6.07, 6.45) is 4.16. The van der Waals surface area contributed by atoms with E-state index in [1.54, 1.807) is 31.1 Å². The zero-order valence-electron chi connectivity index (χ0n) is 13.7. The molecule has 7 nitrogen and oxygen atoms in total. The molecule has 0 aliphatic carbocycles. The van der Waals surface area contributed by atoms with Gasteiger partial charge in [0.25, 0.3) is 0 Å². The first-order valence-corrected chi connectivity index (χ1v) is 8.42. The van der Waals surface area contributed by atoms with E-state index in [-0.39, 0.29) is 0 Å². The summed E-state index contributed by atoms with van der Waals surface area (Å²) in [5.41, 5.74) is 1.98. The van der Waals surface area contributed by atoms with E-state index in [1.165, 1.54) is 11.3 Å². The fraction of sp³-hybridized carbons (Fsp3) is 0.176. The monoisotopic (exact) mass is 353 g/mol. The van der Waals surface area contributed by atoms with Crippen LogP contribution in [0.2, 0.25) is 0 Å². The van der Waals surface area contributed by atoms with Crippen LogP contribution in [0.4, 0.5) is 0 Å². The quantitative estimate of drug-likeness (QED) is 0.549. The molecule has 8 heteroatoms. The third-order valence-corrected chi connectivity index (χ3v) is 4.65. The smallest absolute Gasteiger partial charge is 0.234 e. The van der Waals surface area contributed by atoms with Gasteiger partial charge in [0.05, 0.1) is 14.2 Å². The highest BCUT2D eigenvalue weighted by atomic mass is 32.1. The van der Waals surface area contributed by atoms with Crippen molar-refractivity contribution in [1.29, 1.82) is 0 Å². The van der Waals surface area contributed by atoms with E-state index in [9.17, 15) is 0 Å². The molecule has 0 fully saturated rings. The minimum absolute atomic E-state index is 0.681. The molecule has 3 aromatic heterocycles. The summed E-state index contributed by atoms with van der Waals surface area (Å²) in [6.45, 7) is 0. The zero-order chi connectivity index (χ0) is 17.2. The molecule has 0 spiro atoms. The lowest BCUT2D eigenvalue weighted by molar-refractivity contribution is 0.354. The highest BCUT2D eigenvalue weighted by molar-refractivity contribution is 7.16. The Morgan fingerprint density at radius 1 is 1.08 bits per heavy atom. The van der Waals surface area contributed by atoms with Crippen LogP contribution in [-0.4, -0.2) is 39.0 Å². The highest BCUT2D eigenvalue weighted by Gasteiger charge is 2.14. The molecule has 0 saturated carbocycles. The van der Waals surface area contributed by atoms with Crippen LogP contribution in [0.25, 0.3) is 16.3 Å². The van der Waals surface area contributed by atoms with Gasteiger partial charge in [-0.3, -0.25) is 4.98 Å². The Bertz CT molecular complexity index is 1010. The van der Waals surface area contributed by atoms with Crippen molar-refractivity contribution in [2.45, 2.75) is 6.42 Å². The molecule has 0 aliphatic rings. The summed E-state index contributed by atoms with van der Waals surface area (Å²) >= 11 is 1.52. The van der Waals surface area contributed by atoms with Gasteiger partial charge in [-0.25, -0.2) is 0 Å². The zero-order valence-corrected chi connectivity index (χ0v) is 14.5. The second-order valence-corrected chi connectivity index (χ2v) is 6.36. The standard InChI is InChI=1S/C17H15N5O2S/c1-23-13-6-5-11(8-14(13)24-2)9-15-21-22-16(19-20-17(22)25-15)12-4-3-7-18-10-12/h3-8,10H,9H2,1-2H3. The number of hydrogen-bond donors (Lipinski definition) is 0. The molecule has 0 aliphatic heterocycles. The van der Waals surface area contributed by atoms with E-state index in [0.717, 1.165) is 21.1 Å². The maximum atomic E-state index is 5.36. The Hall–Kier alpha value is -3.00. The van der Waals surface area contributed by atoms with Crippen molar-refractivity contribution in [3.63, 3.8) is 0 Å². The molecule has 3 heterocycles. The van der Waals surface area contributed by atoms with Gasteiger partial charge in [0, 0.05) is 24.4 Å². The number of methoxy groups -OCH3 is 2. The van der Waals surface area contributed by atoms with Gasteiger partial charge in [-0.2, -0.15) is 9.61 Å². The van der Waals surface area contributed by atoms with E-state index in [0.29, 0.717) is 23.7 Å². The van der Waals surface area contributed by atoms with Crippen LogP contribution in [0.5, 0.6) is 11.5 Å². The number of rotatable bonds is 5. The van der Waals surface area contributed by atoms with Crippen molar-refractivity contribution in [3.8, 4) is 22.9 Å². The Balaban J connectivity index is 1.66. The summed E-state index contributed by atoms with van der Waals surface area (Å²) in [5, 5.41) is 14.0. The van der Waals surface area contributed by atoms with Crippen LogP contribution in [0.3, 0.4) is 0 Å². The van der Waals surface area contributed by atoms with Crippen molar-refractivity contribution < 1.29 is 9.47 Å². The van der Waals surface area contributed by atoms with Crippen LogP contribution in [0.1, 0.15) is 10.6 Å². The number of pyridine rings is 1. The van der Waals surface area contributed by atoms with Gasteiger partial charge in [-0.1, -0.05) is 17.4 Å². The van der Waals surface area contributed by atoms with Gasteiger partial charge >= 0.3 is 0 Å². The number of fused-ring (bicyclic) bond motifs is 1. The maximum absolute atomic E-state index is 5.36. The van der Waals surface area contributed by atoms with E-state index in [1.807, 2.05) is 30.3 Å². The third kappa shape index (κ3) is 2.91. The molecule has 4 aromatic rings. The van der Waals surface area contributed by atoms with Crippen molar-refractivity contribution in [1.82, 2.24) is 24.8 Å². The number of aromatic nitrogens is 5. The Kier molecular flexibility index (Phi) is 4.02. The predicted octanol–water partition coefficient (Wildman–Crippen LogP) is 2.86. The van der Waals surface area contributed by atoms with E-state index in [2.05, 4.69) is 20.3 Å². The average Bonchev–Trinajstić information content (AvgIpc) is 3.22. The molecule has 0 saturated heterocycles. The van der Waals surface area contributed by atoms with Crippen molar-refractivity contribution in [3.05, 3.63) is 53.3 Å². The number of ether oxygens (including phenoxy) is 2. The lowest BCUT2D eigenvalue weighted by atomic mass is 10.1. The van der Waals surface area contributed by atoms with Crippen molar-refractivity contribution in [2.24, 2.45) is 0 Å². The average molecular weight is 353 g/mol. The summed E-state index contributed by atoms with van der Waals surface area (Å²) in [7, 11) is 3.26. The normalized spacial score (nSPS) is 11.0. The van der Waals surface area contributed by atoms with Crippen molar-refractivity contribution in [2.75, 3.05) is 14.2 Å².